The van der Waals surface area contributed by atoms with Crippen LogP contribution in [0.4, 0.5) is 0 Å². The van der Waals surface area contributed by atoms with E-state index >= 15 is 0 Å². The van der Waals surface area contributed by atoms with Crippen LogP contribution in [0, 0.1) is 0 Å². The van der Waals surface area contributed by atoms with Crippen LogP contribution in [0.15, 0.2) is 18.2 Å². The van der Waals surface area contributed by atoms with Gasteiger partial charge < -0.3 is 14.8 Å². The zero-order valence-corrected chi connectivity index (χ0v) is 13.5. The molecule has 0 aliphatic carbocycles. The molecule has 1 aromatic carbocycles. The van der Waals surface area contributed by atoms with Crippen molar-refractivity contribution >= 4 is 12.4 Å². The van der Waals surface area contributed by atoms with Gasteiger partial charge in [-0.05, 0) is 31.5 Å². The molecule has 20 heavy (non-hydrogen) atoms. The lowest BCUT2D eigenvalue weighted by atomic mass is 10.1. The topological polar surface area (TPSA) is 33.7 Å². The first-order valence-corrected chi connectivity index (χ1v) is 6.82. The van der Waals surface area contributed by atoms with Crippen LogP contribution in [0.3, 0.4) is 0 Å². The molecule has 1 aliphatic heterocycles. The van der Waals surface area contributed by atoms with Crippen molar-refractivity contribution in [2.75, 3.05) is 27.3 Å². The maximum atomic E-state index is 5.36. The summed E-state index contributed by atoms with van der Waals surface area (Å²) >= 11 is 0. The smallest absolute Gasteiger partial charge is 0.161 e. The molecule has 1 heterocycles. The summed E-state index contributed by atoms with van der Waals surface area (Å²) in [5.41, 5.74) is 1.26. The third kappa shape index (κ3) is 4.01. The molecule has 0 radical (unpaired) electrons. The van der Waals surface area contributed by atoms with Crippen LogP contribution in [-0.2, 0) is 6.54 Å². The highest BCUT2D eigenvalue weighted by Crippen LogP contribution is 2.28. The molecular weight excluding hydrogens is 276 g/mol. The van der Waals surface area contributed by atoms with Gasteiger partial charge in [-0.1, -0.05) is 6.07 Å². The summed E-state index contributed by atoms with van der Waals surface area (Å²) in [6.07, 6.45) is 0. The predicted molar refractivity (Wildman–Crippen MR) is 84.1 cm³/mol. The third-order valence-corrected chi connectivity index (χ3v) is 3.73. The molecule has 0 spiro atoms. The Hall–Kier alpha value is -0.970. The zero-order valence-electron chi connectivity index (χ0n) is 12.7. The Morgan fingerprint density at radius 1 is 1.20 bits per heavy atom. The molecule has 2 rings (SSSR count). The fourth-order valence-corrected chi connectivity index (χ4v) is 2.53. The fraction of sp³-hybridized carbons (Fsp3) is 0.600. The molecule has 114 valence electrons. The number of methoxy groups -OCH3 is 2. The molecule has 2 atom stereocenters. The van der Waals surface area contributed by atoms with Crippen molar-refractivity contribution in [2.24, 2.45) is 0 Å². The lowest BCUT2D eigenvalue weighted by Gasteiger charge is -2.37. The van der Waals surface area contributed by atoms with Gasteiger partial charge in [0.1, 0.15) is 0 Å². The average molecular weight is 301 g/mol. The van der Waals surface area contributed by atoms with Crippen LogP contribution >= 0.6 is 12.4 Å². The first-order valence-electron chi connectivity index (χ1n) is 6.82. The lowest BCUT2D eigenvalue weighted by Crippen LogP contribution is -2.53. The van der Waals surface area contributed by atoms with E-state index < -0.39 is 0 Å². The molecule has 0 amide bonds. The highest BCUT2D eigenvalue weighted by atomic mass is 35.5. The van der Waals surface area contributed by atoms with Gasteiger partial charge in [-0.3, -0.25) is 4.90 Å². The largest absolute Gasteiger partial charge is 0.493 e. The zero-order chi connectivity index (χ0) is 13.8. The molecule has 0 bridgehead atoms. The first-order chi connectivity index (χ1) is 9.13. The van der Waals surface area contributed by atoms with Crippen LogP contribution in [0.1, 0.15) is 19.4 Å². The van der Waals surface area contributed by atoms with Gasteiger partial charge in [0.25, 0.3) is 0 Å². The van der Waals surface area contributed by atoms with E-state index in [1.165, 1.54) is 5.56 Å². The Morgan fingerprint density at radius 2 is 1.90 bits per heavy atom. The van der Waals surface area contributed by atoms with Gasteiger partial charge in [0.15, 0.2) is 11.5 Å². The number of piperazine rings is 1. The Bertz CT molecular complexity index is 428. The van der Waals surface area contributed by atoms with E-state index in [4.69, 9.17) is 9.47 Å². The number of nitrogens with zero attached hydrogens (tertiary/aromatic N) is 1. The number of rotatable bonds is 4. The maximum absolute atomic E-state index is 5.36. The lowest BCUT2D eigenvalue weighted by molar-refractivity contribution is 0.138. The number of nitrogens with one attached hydrogen (secondary N) is 1. The molecule has 0 saturated carbocycles. The first kappa shape index (κ1) is 17.1. The minimum atomic E-state index is 0. The van der Waals surface area contributed by atoms with Gasteiger partial charge in [0.05, 0.1) is 14.2 Å². The van der Waals surface area contributed by atoms with Crippen LogP contribution in [0.2, 0.25) is 0 Å². The molecular formula is C15H25ClN2O2. The quantitative estimate of drug-likeness (QED) is 0.925. The predicted octanol–water partition coefficient (Wildman–Crippen LogP) is 2.31. The number of benzene rings is 1. The second kappa shape index (κ2) is 7.72. The van der Waals surface area contributed by atoms with Crippen LogP contribution < -0.4 is 14.8 Å². The van der Waals surface area contributed by atoms with E-state index in [0.717, 1.165) is 31.1 Å². The van der Waals surface area contributed by atoms with E-state index in [-0.39, 0.29) is 12.4 Å². The highest BCUT2D eigenvalue weighted by Gasteiger charge is 2.22. The van der Waals surface area contributed by atoms with Crippen molar-refractivity contribution in [3.63, 3.8) is 0 Å². The second-order valence-electron chi connectivity index (χ2n) is 5.28. The summed E-state index contributed by atoms with van der Waals surface area (Å²) in [5, 5.41) is 3.50. The summed E-state index contributed by atoms with van der Waals surface area (Å²) in [6.45, 7) is 7.57. The van der Waals surface area contributed by atoms with Crippen molar-refractivity contribution in [2.45, 2.75) is 32.5 Å². The minimum absolute atomic E-state index is 0. The van der Waals surface area contributed by atoms with E-state index in [9.17, 15) is 0 Å². The average Bonchev–Trinajstić information content (AvgIpc) is 2.42. The van der Waals surface area contributed by atoms with E-state index in [2.05, 4.69) is 36.2 Å². The van der Waals surface area contributed by atoms with Gasteiger partial charge in [0.2, 0.25) is 0 Å². The molecule has 1 N–H and O–H groups in total. The molecule has 5 heteroatoms. The molecule has 4 nitrogen and oxygen atoms in total. The SMILES string of the molecule is COc1ccc(CN2CC(C)NCC2C)cc1OC.Cl. The normalized spacial score (nSPS) is 23.0. The van der Waals surface area contributed by atoms with Crippen molar-refractivity contribution in [1.29, 1.82) is 0 Å². The minimum Gasteiger partial charge on any atom is -0.493 e. The van der Waals surface area contributed by atoms with Crippen LogP contribution in [0.5, 0.6) is 11.5 Å². The molecule has 1 aliphatic rings. The maximum Gasteiger partial charge on any atom is 0.161 e. The monoisotopic (exact) mass is 300 g/mol. The Labute approximate surface area is 127 Å². The second-order valence-corrected chi connectivity index (χ2v) is 5.28. The molecule has 1 aromatic rings. The Balaban J connectivity index is 0.00000200. The summed E-state index contributed by atoms with van der Waals surface area (Å²) in [4.78, 5) is 2.50. The van der Waals surface area contributed by atoms with Crippen molar-refractivity contribution < 1.29 is 9.47 Å². The van der Waals surface area contributed by atoms with E-state index in [0.29, 0.717) is 12.1 Å². The Kier molecular flexibility index (Phi) is 6.59. The Morgan fingerprint density at radius 3 is 2.55 bits per heavy atom. The molecule has 1 fully saturated rings. The number of hydrogen-bond acceptors (Lipinski definition) is 4. The summed E-state index contributed by atoms with van der Waals surface area (Å²) in [7, 11) is 3.34. The molecule has 2 unspecified atom stereocenters. The van der Waals surface area contributed by atoms with Gasteiger partial charge in [0, 0.05) is 31.7 Å². The van der Waals surface area contributed by atoms with Crippen molar-refractivity contribution in [1.82, 2.24) is 10.2 Å². The van der Waals surface area contributed by atoms with Gasteiger partial charge in [-0.2, -0.15) is 0 Å². The number of hydrogen-bond donors (Lipinski definition) is 1. The fourth-order valence-electron chi connectivity index (χ4n) is 2.53. The molecule has 1 saturated heterocycles. The highest BCUT2D eigenvalue weighted by molar-refractivity contribution is 5.85. The standard InChI is InChI=1S/C15H24N2O2.ClH/c1-11-9-17(12(2)8-16-11)10-13-5-6-14(18-3)15(7-13)19-4;/h5-7,11-12,16H,8-10H2,1-4H3;1H. The number of ether oxygens (including phenoxy) is 2. The number of halogens is 1. The third-order valence-electron chi connectivity index (χ3n) is 3.73. The van der Waals surface area contributed by atoms with Gasteiger partial charge in [-0.25, -0.2) is 0 Å². The molecule has 0 aromatic heterocycles. The van der Waals surface area contributed by atoms with Crippen LogP contribution in [-0.4, -0.2) is 44.3 Å². The van der Waals surface area contributed by atoms with Gasteiger partial charge in [-0.15, -0.1) is 12.4 Å². The summed E-state index contributed by atoms with van der Waals surface area (Å²) in [5.74, 6) is 1.59. The van der Waals surface area contributed by atoms with E-state index in [1.807, 2.05) is 6.07 Å². The van der Waals surface area contributed by atoms with Crippen LogP contribution in [0.25, 0.3) is 0 Å². The summed E-state index contributed by atoms with van der Waals surface area (Å²) in [6, 6.07) is 7.27. The van der Waals surface area contributed by atoms with Crippen molar-refractivity contribution in [3.8, 4) is 11.5 Å². The van der Waals surface area contributed by atoms with Gasteiger partial charge >= 0.3 is 0 Å². The van der Waals surface area contributed by atoms with E-state index in [1.54, 1.807) is 14.2 Å². The van der Waals surface area contributed by atoms with Crippen molar-refractivity contribution in [3.05, 3.63) is 23.8 Å². The summed E-state index contributed by atoms with van der Waals surface area (Å²) < 4.78 is 10.6.